The third kappa shape index (κ3) is 5.70. The van der Waals surface area contributed by atoms with Gasteiger partial charge < -0.3 is 15.1 Å². The standard InChI is InChI=1S/C18H27N3O4/c1-2-3-4-5-16(22)8-6-15-7-9-17(23)21(15)11-10-20-13-14(12-19-20)18(24)25/h6,8,12-13,15-16,22H,2-5,7,9-11H2,1H3,(H,24,25)/b8-6+/t15?,16-/m1/s1. The van der Waals surface area contributed by atoms with E-state index in [0.29, 0.717) is 19.5 Å². The third-order valence-electron chi connectivity index (χ3n) is 4.48. The van der Waals surface area contributed by atoms with Gasteiger partial charge in [0.05, 0.1) is 30.5 Å². The molecule has 2 atom stereocenters. The van der Waals surface area contributed by atoms with Crippen molar-refractivity contribution < 1.29 is 19.8 Å². The number of aliphatic hydroxyl groups is 1. The molecule has 2 rings (SSSR count). The molecule has 0 aromatic carbocycles. The van der Waals surface area contributed by atoms with E-state index < -0.39 is 12.1 Å². The van der Waals surface area contributed by atoms with Crippen molar-refractivity contribution in [1.82, 2.24) is 14.7 Å². The summed E-state index contributed by atoms with van der Waals surface area (Å²) in [6.07, 6.45) is 11.3. The molecule has 0 aliphatic carbocycles. The number of carbonyl (C=O) groups is 2. The average Bonchev–Trinajstić information content (AvgIpc) is 3.18. The Morgan fingerprint density at radius 2 is 2.24 bits per heavy atom. The summed E-state index contributed by atoms with van der Waals surface area (Å²) in [4.78, 5) is 24.7. The van der Waals surface area contributed by atoms with Gasteiger partial charge in [-0.25, -0.2) is 4.79 Å². The first-order valence-electron chi connectivity index (χ1n) is 8.93. The number of aromatic carboxylic acids is 1. The smallest absolute Gasteiger partial charge is 0.338 e. The van der Waals surface area contributed by atoms with Crippen molar-refractivity contribution in [1.29, 1.82) is 0 Å². The molecule has 138 valence electrons. The second-order valence-electron chi connectivity index (χ2n) is 6.44. The maximum absolute atomic E-state index is 12.1. The minimum atomic E-state index is -1.01. The second kappa shape index (κ2) is 9.36. The lowest BCUT2D eigenvalue weighted by atomic mass is 10.1. The van der Waals surface area contributed by atoms with E-state index in [1.807, 2.05) is 6.08 Å². The van der Waals surface area contributed by atoms with Crippen LogP contribution in [-0.4, -0.2) is 55.5 Å². The number of carboxylic acid groups (broad SMARTS) is 1. The van der Waals surface area contributed by atoms with E-state index in [1.165, 1.54) is 17.1 Å². The summed E-state index contributed by atoms with van der Waals surface area (Å²) < 4.78 is 1.54. The van der Waals surface area contributed by atoms with Crippen LogP contribution in [0.2, 0.25) is 0 Å². The van der Waals surface area contributed by atoms with Crippen LogP contribution in [0, 0.1) is 0 Å². The number of aliphatic hydroxyl groups excluding tert-OH is 1. The van der Waals surface area contributed by atoms with Crippen LogP contribution in [0.3, 0.4) is 0 Å². The van der Waals surface area contributed by atoms with E-state index in [4.69, 9.17) is 5.11 Å². The summed E-state index contributed by atoms with van der Waals surface area (Å²) in [7, 11) is 0. The fraction of sp³-hybridized carbons (Fsp3) is 0.611. The maximum atomic E-state index is 12.1. The molecule has 1 unspecified atom stereocenters. The van der Waals surface area contributed by atoms with Crippen LogP contribution >= 0.6 is 0 Å². The summed E-state index contributed by atoms with van der Waals surface area (Å²) in [6, 6.07) is -0.0113. The van der Waals surface area contributed by atoms with E-state index in [-0.39, 0.29) is 17.5 Å². The van der Waals surface area contributed by atoms with Crippen molar-refractivity contribution in [2.75, 3.05) is 6.54 Å². The molecule has 25 heavy (non-hydrogen) atoms. The first-order chi connectivity index (χ1) is 12.0. The van der Waals surface area contributed by atoms with Gasteiger partial charge in [0.15, 0.2) is 0 Å². The molecule has 2 N–H and O–H groups in total. The Bertz CT molecular complexity index is 611. The lowest BCUT2D eigenvalue weighted by Gasteiger charge is -2.22. The SMILES string of the molecule is CCCCC[C@@H](O)/C=C/C1CCC(=O)N1CCn1cc(C(=O)O)cn1. The predicted molar refractivity (Wildman–Crippen MR) is 93.2 cm³/mol. The first-order valence-corrected chi connectivity index (χ1v) is 8.93. The van der Waals surface area contributed by atoms with Gasteiger partial charge in [-0.05, 0) is 12.8 Å². The molecule has 1 aromatic heterocycles. The Hall–Kier alpha value is -2.15. The molecule has 1 aromatic rings. The number of amides is 1. The predicted octanol–water partition coefficient (Wildman–Crippen LogP) is 2.07. The van der Waals surface area contributed by atoms with Gasteiger partial charge in [-0.3, -0.25) is 9.48 Å². The summed E-state index contributed by atoms with van der Waals surface area (Å²) in [5.74, 6) is -0.929. The minimum absolute atomic E-state index is 0.0113. The molecule has 2 heterocycles. The first kappa shape index (κ1) is 19.2. The van der Waals surface area contributed by atoms with E-state index in [2.05, 4.69) is 12.0 Å². The maximum Gasteiger partial charge on any atom is 0.338 e. The van der Waals surface area contributed by atoms with E-state index in [1.54, 1.807) is 11.0 Å². The van der Waals surface area contributed by atoms with Crippen LogP contribution in [0.15, 0.2) is 24.5 Å². The fourth-order valence-electron chi connectivity index (χ4n) is 3.01. The number of likely N-dealkylation sites (tertiary alicyclic amines) is 1. The normalized spacial score (nSPS) is 19.0. The highest BCUT2D eigenvalue weighted by atomic mass is 16.4. The molecule has 1 fully saturated rings. The van der Waals surface area contributed by atoms with Gasteiger partial charge >= 0.3 is 5.97 Å². The summed E-state index contributed by atoms with van der Waals surface area (Å²) >= 11 is 0. The number of hydrogen-bond donors (Lipinski definition) is 2. The third-order valence-corrected chi connectivity index (χ3v) is 4.48. The zero-order valence-corrected chi connectivity index (χ0v) is 14.7. The quantitative estimate of drug-likeness (QED) is 0.498. The Kier molecular flexibility index (Phi) is 7.18. The number of aromatic nitrogens is 2. The van der Waals surface area contributed by atoms with Gasteiger partial charge in [0, 0.05) is 19.2 Å². The summed E-state index contributed by atoms with van der Waals surface area (Å²) in [5.41, 5.74) is 0.138. The van der Waals surface area contributed by atoms with Crippen LogP contribution in [0.5, 0.6) is 0 Å². The van der Waals surface area contributed by atoms with Crippen molar-refractivity contribution in [3.05, 3.63) is 30.1 Å². The van der Waals surface area contributed by atoms with E-state index in [0.717, 1.165) is 32.1 Å². The second-order valence-corrected chi connectivity index (χ2v) is 6.44. The zero-order chi connectivity index (χ0) is 18.2. The Labute approximate surface area is 147 Å². The van der Waals surface area contributed by atoms with Gasteiger partial charge in [0.25, 0.3) is 0 Å². The van der Waals surface area contributed by atoms with Crippen LogP contribution < -0.4 is 0 Å². The molecule has 1 aliphatic heterocycles. The molecule has 0 spiro atoms. The Morgan fingerprint density at radius 3 is 2.92 bits per heavy atom. The van der Waals surface area contributed by atoms with Crippen molar-refractivity contribution in [2.24, 2.45) is 0 Å². The molecule has 1 aliphatic rings. The molecule has 1 saturated heterocycles. The van der Waals surface area contributed by atoms with Crippen LogP contribution in [-0.2, 0) is 11.3 Å². The summed E-state index contributed by atoms with van der Waals surface area (Å²) in [6.45, 7) is 3.05. The van der Waals surface area contributed by atoms with Gasteiger partial charge in [-0.2, -0.15) is 5.10 Å². The number of nitrogens with zero attached hydrogens (tertiary/aromatic N) is 3. The van der Waals surface area contributed by atoms with Crippen molar-refractivity contribution in [3.8, 4) is 0 Å². The number of carbonyl (C=O) groups excluding carboxylic acids is 1. The molecule has 7 nitrogen and oxygen atoms in total. The van der Waals surface area contributed by atoms with Crippen LogP contribution in [0.4, 0.5) is 0 Å². The largest absolute Gasteiger partial charge is 0.478 e. The highest BCUT2D eigenvalue weighted by Crippen LogP contribution is 2.20. The van der Waals surface area contributed by atoms with Gasteiger partial charge in [-0.15, -0.1) is 0 Å². The molecular weight excluding hydrogens is 322 g/mol. The molecule has 0 saturated carbocycles. The summed E-state index contributed by atoms with van der Waals surface area (Å²) in [5, 5.41) is 22.9. The molecule has 1 amide bonds. The monoisotopic (exact) mass is 349 g/mol. The van der Waals surface area contributed by atoms with Gasteiger partial charge in [0.1, 0.15) is 0 Å². The Morgan fingerprint density at radius 1 is 1.44 bits per heavy atom. The van der Waals surface area contributed by atoms with Crippen LogP contribution in [0.1, 0.15) is 55.8 Å². The Balaban J connectivity index is 1.86. The molecular formula is C18H27N3O4. The molecule has 7 heteroatoms. The van der Waals surface area contributed by atoms with E-state index in [9.17, 15) is 14.7 Å². The number of hydrogen-bond acceptors (Lipinski definition) is 4. The molecule has 0 bridgehead atoms. The van der Waals surface area contributed by atoms with Crippen LogP contribution in [0.25, 0.3) is 0 Å². The number of rotatable bonds is 10. The topological polar surface area (TPSA) is 95.7 Å². The molecule has 0 radical (unpaired) electrons. The lowest BCUT2D eigenvalue weighted by molar-refractivity contribution is -0.128. The number of unbranched alkanes of at least 4 members (excludes halogenated alkanes) is 2. The van der Waals surface area contributed by atoms with Crippen molar-refractivity contribution in [3.63, 3.8) is 0 Å². The highest BCUT2D eigenvalue weighted by molar-refractivity contribution is 5.86. The lowest BCUT2D eigenvalue weighted by Crippen LogP contribution is -2.34. The van der Waals surface area contributed by atoms with Crippen molar-refractivity contribution in [2.45, 2.75) is 64.1 Å². The highest BCUT2D eigenvalue weighted by Gasteiger charge is 2.28. The van der Waals surface area contributed by atoms with Gasteiger partial charge in [-0.1, -0.05) is 38.3 Å². The van der Waals surface area contributed by atoms with Crippen molar-refractivity contribution >= 4 is 11.9 Å². The minimum Gasteiger partial charge on any atom is -0.478 e. The fourth-order valence-corrected chi connectivity index (χ4v) is 3.01. The van der Waals surface area contributed by atoms with Gasteiger partial charge in [0.2, 0.25) is 5.91 Å². The van der Waals surface area contributed by atoms with E-state index >= 15 is 0 Å². The number of carboxylic acids is 1. The zero-order valence-electron chi connectivity index (χ0n) is 14.7. The average molecular weight is 349 g/mol.